The lowest BCUT2D eigenvalue weighted by atomic mass is 10.1. The maximum absolute atomic E-state index is 12.7. The van der Waals surface area contributed by atoms with E-state index in [0.29, 0.717) is 38.2 Å². The number of amides is 1. The minimum Gasteiger partial charge on any atom is -0.486 e. The average Bonchev–Trinajstić information content (AvgIpc) is 3.14. The Balaban J connectivity index is 1.09. The van der Waals surface area contributed by atoms with Crippen LogP contribution in [0.1, 0.15) is 18.4 Å². The minimum atomic E-state index is -0.369. The van der Waals surface area contributed by atoms with Crippen molar-refractivity contribution in [3.8, 4) is 11.5 Å². The molecule has 1 fully saturated rings. The molecule has 2 aliphatic rings. The molecule has 8 heteroatoms. The van der Waals surface area contributed by atoms with Crippen molar-refractivity contribution >= 4 is 17.0 Å². The Kier molecular flexibility index (Phi) is 5.85. The molecule has 2 aromatic carbocycles. The van der Waals surface area contributed by atoms with E-state index in [4.69, 9.17) is 13.9 Å². The van der Waals surface area contributed by atoms with E-state index >= 15 is 0 Å². The van der Waals surface area contributed by atoms with Gasteiger partial charge in [0.1, 0.15) is 13.2 Å². The number of hydrogen-bond acceptors (Lipinski definition) is 6. The molecule has 0 aliphatic carbocycles. The molecule has 5 rings (SSSR count). The Morgan fingerprint density at radius 2 is 1.72 bits per heavy atom. The van der Waals surface area contributed by atoms with Crippen molar-refractivity contribution in [3.63, 3.8) is 0 Å². The lowest BCUT2D eigenvalue weighted by Gasteiger charge is -2.35. The van der Waals surface area contributed by atoms with Gasteiger partial charge in [0.2, 0.25) is 5.91 Å². The second-order valence-electron chi connectivity index (χ2n) is 8.23. The molecule has 3 aromatic rings. The van der Waals surface area contributed by atoms with Crippen molar-refractivity contribution in [2.75, 3.05) is 39.4 Å². The highest BCUT2D eigenvalue weighted by Gasteiger charge is 2.22. The van der Waals surface area contributed by atoms with Crippen LogP contribution in [-0.2, 0) is 17.9 Å². The first-order valence-electron chi connectivity index (χ1n) is 11.1. The number of piperazine rings is 1. The van der Waals surface area contributed by atoms with Crippen LogP contribution in [0.2, 0.25) is 0 Å². The number of carbonyl (C=O) groups is 1. The second kappa shape index (κ2) is 9.08. The normalized spacial score (nSPS) is 16.4. The van der Waals surface area contributed by atoms with Gasteiger partial charge in [-0.3, -0.25) is 14.3 Å². The van der Waals surface area contributed by atoms with E-state index in [1.165, 1.54) is 5.56 Å². The van der Waals surface area contributed by atoms with Crippen molar-refractivity contribution in [1.82, 2.24) is 14.4 Å². The van der Waals surface area contributed by atoms with E-state index in [1.54, 1.807) is 10.6 Å². The van der Waals surface area contributed by atoms with Gasteiger partial charge in [-0.1, -0.05) is 18.2 Å². The number of carbonyl (C=O) groups excluding carboxylic acids is 1. The average molecular weight is 437 g/mol. The zero-order valence-electron chi connectivity index (χ0n) is 18.0. The third kappa shape index (κ3) is 4.36. The Morgan fingerprint density at radius 3 is 2.56 bits per heavy atom. The molecule has 2 aliphatic heterocycles. The van der Waals surface area contributed by atoms with Gasteiger partial charge < -0.3 is 18.8 Å². The third-order valence-corrected chi connectivity index (χ3v) is 6.08. The van der Waals surface area contributed by atoms with Crippen LogP contribution in [0.15, 0.2) is 51.7 Å². The fourth-order valence-electron chi connectivity index (χ4n) is 4.37. The van der Waals surface area contributed by atoms with Gasteiger partial charge >= 0.3 is 5.76 Å². The summed E-state index contributed by atoms with van der Waals surface area (Å²) in [7, 11) is 0. The molecule has 1 aromatic heterocycles. The number of aromatic nitrogens is 1. The molecular weight excluding hydrogens is 410 g/mol. The quantitative estimate of drug-likeness (QED) is 0.590. The molecule has 3 heterocycles. The predicted molar refractivity (Wildman–Crippen MR) is 119 cm³/mol. The molecule has 1 saturated heterocycles. The Morgan fingerprint density at radius 1 is 0.938 bits per heavy atom. The number of ether oxygens (including phenoxy) is 2. The van der Waals surface area contributed by atoms with Crippen LogP contribution in [-0.4, -0.2) is 59.7 Å². The molecular formula is C24H27N3O5. The van der Waals surface area contributed by atoms with Crippen LogP contribution < -0.4 is 15.2 Å². The zero-order chi connectivity index (χ0) is 21.9. The molecule has 0 unspecified atom stereocenters. The molecule has 0 bridgehead atoms. The number of rotatable bonds is 6. The number of para-hydroxylation sites is 2. The van der Waals surface area contributed by atoms with Crippen LogP contribution in [0.4, 0.5) is 0 Å². The molecule has 0 radical (unpaired) electrons. The van der Waals surface area contributed by atoms with Gasteiger partial charge in [0.25, 0.3) is 0 Å². The number of aryl methyl sites for hydroxylation is 1. The molecule has 8 nitrogen and oxygen atoms in total. The summed E-state index contributed by atoms with van der Waals surface area (Å²) >= 11 is 0. The van der Waals surface area contributed by atoms with Crippen molar-refractivity contribution in [1.29, 1.82) is 0 Å². The summed E-state index contributed by atoms with van der Waals surface area (Å²) in [6.07, 6.45) is 1.04. The highest BCUT2D eigenvalue weighted by molar-refractivity contribution is 5.76. The van der Waals surface area contributed by atoms with Crippen molar-refractivity contribution in [2.24, 2.45) is 0 Å². The van der Waals surface area contributed by atoms with Gasteiger partial charge in [-0.25, -0.2) is 4.79 Å². The van der Waals surface area contributed by atoms with Gasteiger partial charge in [-0.05, 0) is 36.2 Å². The maximum atomic E-state index is 12.7. The SMILES string of the molecule is O=C(CCCn1c(=O)oc2ccccc21)N1CCN(Cc2ccc3c(c2)OCCO3)CC1. The van der Waals surface area contributed by atoms with Crippen LogP contribution in [0.5, 0.6) is 11.5 Å². The van der Waals surface area contributed by atoms with E-state index in [1.807, 2.05) is 35.2 Å². The first-order valence-corrected chi connectivity index (χ1v) is 11.1. The standard InChI is InChI=1S/C24H27N3O5/c28-23(6-3-9-27-19-4-1-2-5-20(19)32-24(27)29)26-12-10-25(11-13-26)17-18-7-8-21-22(16-18)31-15-14-30-21/h1-2,4-5,7-8,16H,3,6,9-15,17H2. The summed E-state index contributed by atoms with van der Waals surface area (Å²) in [5.74, 6) is 1.39. The van der Waals surface area contributed by atoms with E-state index in [2.05, 4.69) is 11.0 Å². The number of hydrogen-bond donors (Lipinski definition) is 0. The Labute approximate surface area is 185 Å². The van der Waals surface area contributed by atoms with E-state index in [0.717, 1.165) is 49.7 Å². The van der Waals surface area contributed by atoms with Crippen molar-refractivity contribution < 1.29 is 18.7 Å². The van der Waals surface area contributed by atoms with Crippen LogP contribution in [0.3, 0.4) is 0 Å². The van der Waals surface area contributed by atoms with Gasteiger partial charge in [0, 0.05) is 45.7 Å². The number of fused-ring (bicyclic) bond motifs is 2. The number of oxazole rings is 1. The van der Waals surface area contributed by atoms with Gasteiger partial charge in [0.05, 0.1) is 5.52 Å². The van der Waals surface area contributed by atoms with E-state index in [-0.39, 0.29) is 11.7 Å². The summed E-state index contributed by atoms with van der Waals surface area (Å²) in [6.45, 7) is 5.61. The second-order valence-corrected chi connectivity index (χ2v) is 8.23. The topological polar surface area (TPSA) is 77.2 Å². The highest BCUT2D eigenvalue weighted by Crippen LogP contribution is 2.31. The van der Waals surface area contributed by atoms with Crippen molar-refractivity contribution in [2.45, 2.75) is 25.9 Å². The van der Waals surface area contributed by atoms with Crippen LogP contribution >= 0.6 is 0 Å². The first-order chi connectivity index (χ1) is 15.7. The summed E-state index contributed by atoms with van der Waals surface area (Å²) in [4.78, 5) is 29.0. The van der Waals surface area contributed by atoms with Gasteiger partial charge in [0.15, 0.2) is 17.1 Å². The maximum Gasteiger partial charge on any atom is 0.419 e. The summed E-state index contributed by atoms with van der Waals surface area (Å²) in [5, 5.41) is 0. The smallest absolute Gasteiger partial charge is 0.419 e. The highest BCUT2D eigenvalue weighted by atomic mass is 16.6. The largest absolute Gasteiger partial charge is 0.486 e. The monoisotopic (exact) mass is 437 g/mol. The Bertz CT molecular complexity index is 1160. The minimum absolute atomic E-state index is 0.143. The Hall–Kier alpha value is -3.26. The first kappa shape index (κ1) is 20.6. The van der Waals surface area contributed by atoms with E-state index in [9.17, 15) is 9.59 Å². The molecule has 0 atom stereocenters. The predicted octanol–water partition coefficient (Wildman–Crippen LogP) is 2.49. The fraction of sp³-hybridized carbons (Fsp3) is 0.417. The molecule has 0 saturated carbocycles. The summed E-state index contributed by atoms with van der Waals surface area (Å²) in [6, 6.07) is 13.5. The number of benzene rings is 2. The number of nitrogens with zero attached hydrogens (tertiary/aromatic N) is 3. The fourth-order valence-corrected chi connectivity index (χ4v) is 4.37. The molecule has 0 N–H and O–H groups in total. The molecule has 0 spiro atoms. The lowest BCUT2D eigenvalue weighted by molar-refractivity contribution is -0.133. The molecule has 168 valence electrons. The summed E-state index contributed by atoms with van der Waals surface area (Å²) < 4.78 is 18.1. The van der Waals surface area contributed by atoms with Crippen LogP contribution in [0.25, 0.3) is 11.1 Å². The lowest BCUT2D eigenvalue weighted by Crippen LogP contribution is -2.48. The molecule has 32 heavy (non-hydrogen) atoms. The zero-order valence-corrected chi connectivity index (χ0v) is 18.0. The van der Waals surface area contributed by atoms with Gasteiger partial charge in [-0.2, -0.15) is 0 Å². The van der Waals surface area contributed by atoms with Crippen molar-refractivity contribution in [3.05, 3.63) is 58.6 Å². The molecule has 1 amide bonds. The third-order valence-electron chi connectivity index (χ3n) is 6.08. The van der Waals surface area contributed by atoms with E-state index < -0.39 is 0 Å². The summed E-state index contributed by atoms with van der Waals surface area (Å²) in [5.41, 5.74) is 2.54. The van der Waals surface area contributed by atoms with Crippen LogP contribution in [0, 0.1) is 0 Å². The van der Waals surface area contributed by atoms with Gasteiger partial charge in [-0.15, -0.1) is 0 Å².